The van der Waals surface area contributed by atoms with Crippen LogP contribution in [0.1, 0.15) is 5.56 Å². The summed E-state index contributed by atoms with van der Waals surface area (Å²) in [5.74, 6) is -0.921. The number of fused-ring (bicyclic) bond motifs is 1. The molecule has 0 fully saturated rings. The van der Waals surface area contributed by atoms with Gasteiger partial charge in [-0.3, -0.25) is 0 Å². The Morgan fingerprint density at radius 2 is 2.21 bits per heavy atom. The van der Waals surface area contributed by atoms with Gasteiger partial charge < -0.3 is 5.11 Å². The van der Waals surface area contributed by atoms with E-state index in [0.29, 0.717) is 0 Å². The van der Waals surface area contributed by atoms with Crippen LogP contribution in [0.2, 0.25) is 0 Å². The predicted octanol–water partition coefficient (Wildman–Crippen LogP) is 3.00. The number of hydrogen-bond donors (Lipinski definition) is 1. The van der Waals surface area contributed by atoms with Gasteiger partial charge in [-0.2, -0.15) is 0 Å². The molecule has 2 aromatic rings. The highest BCUT2D eigenvalue weighted by Crippen LogP contribution is 2.22. The molecule has 0 spiro atoms. The summed E-state index contributed by atoms with van der Waals surface area (Å²) in [6, 6.07) is 7.92. The van der Waals surface area contributed by atoms with Crippen LogP contribution in [0.25, 0.3) is 16.2 Å². The van der Waals surface area contributed by atoms with E-state index in [2.05, 4.69) is 0 Å². The van der Waals surface area contributed by atoms with Crippen LogP contribution in [0.4, 0.5) is 0 Å². The SMILES string of the molecule is O=C(O)/C=C\c1ccc2sccc2c1. The number of thiophene rings is 1. The van der Waals surface area contributed by atoms with Crippen molar-refractivity contribution in [3.8, 4) is 0 Å². The van der Waals surface area contributed by atoms with E-state index in [9.17, 15) is 4.79 Å². The van der Waals surface area contributed by atoms with E-state index in [0.717, 1.165) is 17.0 Å². The first kappa shape index (κ1) is 8.97. The first-order chi connectivity index (χ1) is 6.75. The lowest BCUT2D eigenvalue weighted by molar-refractivity contribution is -0.131. The van der Waals surface area contributed by atoms with Gasteiger partial charge in [-0.25, -0.2) is 4.79 Å². The summed E-state index contributed by atoms with van der Waals surface area (Å²) in [5, 5.41) is 11.6. The highest BCUT2D eigenvalue weighted by atomic mass is 32.1. The van der Waals surface area contributed by atoms with Gasteiger partial charge in [-0.15, -0.1) is 11.3 Å². The number of carboxylic acids is 1. The molecule has 0 aliphatic heterocycles. The van der Waals surface area contributed by atoms with E-state index in [1.807, 2.05) is 29.6 Å². The molecule has 0 radical (unpaired) electrons. The minimum Gasteiger partial charge on any atom is -0.478 e. The molecule has 0 saturated carbocycles. The van der Waals surface area contributed by atoms with Crippen LogP contribution in [0.5, 0.6) is 0 Å². The maximum absolute atomic E-state index is 10.3. The van der Waals surface area contributed by atoms with Crippen molar-refractivity contribution < 1.29 is 9.90 Å². The lowest BCUT2D eigenvalue weighted by atomic mass is 10.1. The van der Waals surface area contributed by atoms with Crippen LogP contribution < -0.4 is 0 Å². The maximum Gasteiger partial charge on any atom is 0.328 e. The Kier molecular flexibility index (Phi) is 2.33. The van der Waals surface area contributed by atoms with Crippen molar-refractivity contribution in [3.63, 3.8) is 0 Å². The zero-order chi connectivity index (χ0) is 9.97. The van der Waals surface area contributed by atoms with Gasteiger partial charge in [0.25, 0.3) is 0 Å². The molecule has 0 atom stereocenters. The Hall–Kier alpha value is -1.61. The average molecular weight is 204 g/mol. The molecule has 0 aliphatic rings. The van der Waals surface area contributed by atoms with Crippen molar-refractivity contribution in [2.45, 2.75) is 0 Å². The largest absolute Gasteiger partial charge is 0.478 e. The van der Waals surface area contributed by atoms with E-state index < -0.39 is 5.97 Å². The van der Waals surface area contributed by atoms with Crippen LogP contribution in [-0.2, 0) is 4.79 Å². The molecule has 0 saturated heterocycles. The first-order valence-electron chi connectivity index (χ1n) is 4.14. The quantitative estimate of drug-likeness (QED) is 0.763. The third kappa shape index (κ3) is 1.83. The van der Waals surface area contributed by atoms with E-state index in [1.54, 1.807) is 17.4 Å². The zero-order valence-electron chi connectivity index (χ0n) is 7.31. The van der Waals surface area contributed by atoms with E-state index >= 15 is 0 Å². The summed E-state index contributed by atoms with van der Waals surface area (Å²) in [4.78, 5) is 10.3. The molecule has 0 amide bonds. The highest BCUT2D eigenvalue weighted by molar-refractivity contribution is 7.17. The fourth-order valence-corrected chi connectivity index (χ4v) is 2.03. The van der Waals surface area contributed by atoms with E-state index in [-0.39, 0.29) is 0 Å². The number of rotatable bonds is 2. The maximum atomic E-state index is 10.3. The molecule has 1 aromatic carbocycles. The van der Waals surface area contributed by atoms with Crippen molar-refractivity contribution in [2.75, 3.05) is 0 Å². The lowest BCUT2D eigenvalue weighted by Gasteiger charge is -1.92. The standard InChI is InChI=1S/C11H8O2S/c12-11(13)4-2-8-1-3-10-9(7-8)5-6-14-10/h1-7H,(H,12,13)/b4-2-. The number of carbonyl (C=O) groups is 1. The number of benzene rings is 1. The second-order valence-electron chi connectivity index (χ2n) is 2.89. The predicted molar refractivity (Wildman–Crippen MR) is 58.5 cm³/mol. The van der Waals surface area contributed by atoms with E-state index in [4.69, 9.17) is 5.11 Å². The first-order valence-corrected chi connectivity index (χ1v) is 5.02. The van der Waals surface area contributed by atoms with Gasteiger partial charge in [-0.1, -0.05) is 6.07 Å². The summed E-state index contributed by atoms with van der Waals surface area (Å²) >= 11 is 1.68. The molecule has 0 unspecified atom stereocenters. The zero-order valence-corrected chi connectivity index (χ0v) is 8.12. The van der Waals surface area contributed by atoms with Gasteiger partial charge in [0.2, 0.25) is 0 Å². The lowest BCUT2D eigenvalue weighted by Crippen LogP contribution is -1.85. The monoisotopic (exact) mass is 204 g/mol. The highest BCUT2D eigenvalue weighted by Gasteiger charge is 1.95. The van der Waals surface area contributed by atoms with Crippen LogP contribution in [-0.4, -0.2) is 11.1 Å². The molecular weight excluding hydrogens is 196 g/mol. The van der Waals surface area contributed by atoms with Crippen molar-refractivity contribution in [1.82, 2.24) is 0 Å². The second-order valence-corrected chi connectivity index (χ2v) is 3.84. The third-order valence-electron chi connectivity index (χ3n) is 1.89. The van der Waals surface area contributed by atoms with Crippen molar-refractivity contribution in [1.29, 1.82) is 0 Å². The van der Waals surface area contributed by atoms with Gasteiger partial charge in [-0.05, 0) is 40.6 Å². The normalized spacial score (nSPS) is 11.1. The molecule has 0 bridgehead atoms. The molecule has 1 aromatic heterocycles. The Balaban J connectivity index is 2.39. The molecule has 14 heavy (non-hydrogen) atoms. The average Bonchev–Trinajstić information content (AvgIpc) is 2.61. The van der Waals surface area contributed by atoms with Gasteiger partial charge >= 0.3 is 5.97 Å². The van der Waals surface area contributed by atoms with Crippen LogP contribution in [0, 0.1) is 0 Å². The third-order valence-corrected chi connectivity index (χ3v) is 2.79. The van der Waals surface area contributed by atoms with Gasteiger partial charge in [0.05, 0.1) is 0 Å². The molecule has 3 heteroatoms. The minimum atomic E-state index is -0.921. The number of aliphatic carboxylic acids is 1. The van der Waals surface area contributed by atoms with Gasteiger partial charge in [0.15, 0.2) is 0 Å². The summed E-state index contributed by atoms with van der Waals surface area (Å²) in [6.45, 7) is 0. The molecule has 1 heterocycles. The van der Waals surface area contributed by atoms with Gasteiger partial charge in [0.1, 0.15) is 0 Å². The van der Waals surface area contributed by atoms with Crippen molar-refractivity contribution >= 4 is 33.5 Å². The summed E-state index contributed by atoms with van der Waals surface area (Å²) in [5.41, 5.74) is 0.915. The summed E-state index contributed by atoms with van der Waals surface area (Å²) in [6.07, 6.45) is 2.74. The Morgan fingerprint density at radius 3 is 3.00 bits per heavy atom. The molecule has 2 rings (SSSR count). The fraction of sp³-hybridized carbons (Fsp3) is 0. The topological polar surface area (TPSA) is 37.3 Å². The van der Waals surface area contributed by atoms with Crippen LogP contribution in [0.3, 0.4) is 0 Å². The van der Waals surface area contributed by atoms with E-state index in [1.165, 1.54) is 4.70 Å². The number of carboxylic acid groups (broad SMARTS) is 1. The molecular formula is C11H8O2S. The van der Waals surface area contributed by atoms with Crippen LogP contribution >= 0.6 is 11.3 Å². The Labute approximate surface area is 85.1 Å². The molecule has 70 valence electrons. The molecule has 0 aliphatic carbocycles. The molecule has 1 N–H and O–H groups in total. The second kappa shape index (κ2) is 3.64. The van der Waals surface area contributed by atoms with Crippen molar-refractivity contribution in [2.24, 2.45) is 0 Å². The summed E-state index contributed by atoms with van der Waals surface area (Å²) in [7, 11) is 0. The Morgan fingerprint density at radius 1 is 1.36 bits per heavy atom. The van der Waals surface area contributed by atoms with Crippen LogP contribution in [0.15, 0.2) is 35.7 Å². The Bertz CT molecular complexity index is 497. The van der Waals surface area contributed by atoms with Crippen molar-refractivity contribution in [3.05, 3.63) is 41.3 Å². The smallest absolute Gasteiger partial charge is 0.328 e. The number of hydrogen-bond acceptors (Lipinski definition) is 2. The summed E-state index contributed by atoms with van der Waals surface area (Å²) < 4.78 is 1.22. The molecule has 2 nitrogen and oxygen atoms in total. The fourth-order valence-electron chi connectivity index (χ4n) is 1.26. The minimum absolute atomic E-state index is 0.915. The van der Waals surface area contributed by atoms with Gasteiger partial charge in [0, 0.05) is 10.8 Å².